The minimum absolute atomic E-state index is 0.0750. The van der Waals surface area contributed by atoms with E-state index in [4.69, 9.17) is 11.6 Å². The number of nitrogens with one attached hydrogen (secondary N) is 1. The third-order valence-corrected chi connectivity index (χ3v) is 8.43. The number of carbonyl (C=O) groups is 2. The van der Waals surface area contributed by atoms with Crippen LogP contribution in [0, 0.1) is 13.8 Å². The number of halogens is 1. The normalized spacial score (nSPS) is 12.0. The Hall–Kier alpha value is -3.36. The molecule has 0 unspecified atom stereocenters. The summed E-state index contributed by atoms with van der Waals surface area (Å²) >= 11 is 6.04. The van der Waals surface area contributed by atoms with E-state index >= 15 is 0 Å². The zero-order valence-corrected chi connectivity index (χ0v) is 23.7. The van der Waals surface area contributed by atoms with Crippen LogP contribution in [-0.2, 0) is 26.2 Å². The lowest BCUT2D eigenvalue weighted by Crippen LogP contribution is -2.52. The summed E-state index contributed by atoms with van der Waals surface area (Å²) in [7, 11) is -4.09. The molecule has 38 heavy (non-hydrogen) atoms. The summed E-state index contributed by atoms with van der Waals surface area (Å²) in [5.74, 6) is -0.781. The van der Waals surface area contributed by atoms with Gasteiger partial charge in [-0.3, -0.25) is 13.9 Å². The number of nitrogens with zero attached hydrogens (tertiary/aromatic N) is 2. The number of aryl methyl sites for hydroxylation is 2. The number of rotatable bonds is 11. The van der Waals surface area contributed by atoms with Crippen molar-refractivity contribution in [2.75, 3.05) is 17.4 Å². The molecule has 1 N–H and O–H groups in total. The molecule has 0 aliphatic carbocycles. The Morgan fingerprint density at radius 2 is 1.58 bits per heavy atom. The summed E-state index contributed by atoms with van der Waals surface area (Å²) in [4.78, 5) is 28.4. The van der Waals surface area contributed by atoms with Crippen molar-refractivity contribution in [2.45, 2.75) is 51.6 Å². The van der Waals surface area contributed by atoms with Gasteiger partial charge in [0.05, 0.1) is 10.6 Å². The lowest BCUT2D eigenvalue weighted by atomic mass is 10.1. The van der Waals surface area contributed by atoms with Crippen LogP contribution in [0.1, 0.15) is 37.0 Å². The lowest BCUT2D eigenvalue weighted by Gasteiger charge is -2.33. The van der Waals surface area contributed by atoms with Crippen LogP contribution in [0.2, 0.25) is 5.02 Å². The Morgan fingerprint density at radius 3 is 2.16 bits per heavy atom. The molecule has 0 spiro atoms. The molecule has 3 aromatic rings. The molecular formula is C29H34ClN3O4S. The second-order valence-corrected chi connectivity index (χ2v) is 11.4. The number of benzene rings is 3. The molecule has 9 heteroatoms. The van der Waals surface area contributed by atoms with Gasteiger partial charge in [-0.15, -0.1) is 0 Å². The smallest absolute Gasteiger partial charge is 0.264 e. The third-order valence-electron chi connectivity index (χ3n) is 6.39. The zero-order chi connectivity index (χ0) is 27.9. The predicted octanol–water partition coefficient (Wildman–Crippen LogP) is 5.10. The van der Waals surface area contributed by atoms with Crippen LogP contribution < -0.4 is 9.62 Å². The second kappa shape index (κ2) is 12.9. The number of anilines is 1. The van der Waals surface area contributed by atoms with Crippen LogP contribution in [0.3, 0.4) is 0 Å². The molecule has 3 aromatic carbocycles. The molecule has 0 aromatic heterocycles. The number of carbonyl (C=O) groups excluding carboxylic acids is 2. The summed E-state index contributed by atoms with van der Waals surface area (Å²) in [5, 5.41) is 3.35. The van der Waals surface area contributed by atoms with Crippen LogP contribution in [0.15, 0.2) is 77.7 Å². The Labute approximate surface area is 230 Å². The van der Waals surface area contributed by atoms with Gasteiger partial charge in [0, 0.05) is 18.1 Å². The van der Waals surface area contributed by atoms with E-state index in [-0.39, 0.29) is 17.3 Å². The van der Waals surface area contributed by atoms with Crippen molar-refractivity contribution < 1.29 is 18.0 Å². The first-order valence-electron chi connectivity index (χ1n) is 12.5. The van der Waals surface area contributed by atoms with E-state index in [1.807, 2.05) is 33.8 Å². The Bertz CT molecular complexity index is 1360. The van der Waals surface area contributed by atoms with E-state index in [2.05, 4.69) is 5.32 Å². The van der Waals surface area contributed by atoms with Gasteiger partial charge in [-0.1, -0.05) is 54.9 Å². The van der Waals surface area contributed by atoms with Crippen molar-refractivity contribution in [3.63, 3.8) is 0 Å². The van der Waals surface area contributed by atoms with Gasteiger partial charge in [0.2, 0.25) is 11.8 Å². The first-order chi connectivity index (χ1) is 18.1. The van der Waals surface area contributed by atoms with E-state index in [1.165, 1.54) is 17.0 Å². The topological polar surface area (TPSA) is 86.8 Å². The minimum Gasteiger partial charge on any atom is -0.355 e. The molecule has 0 radical (unpaired) electrons. The average molecular weight is 556 g/mol. The fourth-order valence-electron chi connectivity index (χ4n) is 4.13. The largest absolute Gasteiger partial charge is 0.355 e. The fraction of sp³-hybridized carbons (Fsp3) is 0.310. The molecule has 7 nitrogen and oxygen atoms in total. The molecule has 0 bridgehead atoms. The average Bonchev–Trinajstić information content (AvgIpc) is 2.90. The van der Waals surface area contributed by atoms with Gasteiger partial charge >= 0.3 is 0 Å². The van der Waals surface area contributed by atoms with E-state index in [0.717, 1.165) is 21.0 Å². The van der Waals surface area contributed by atoms with Crippen molar-refractivity contribution in [3.8, 4) is 0 Å². The van der Waals surface area contributed by atoms with Crippen LogP contribution in [0.5, 0.6) is 0 Å². The highest BCUT2D eigenvalue weighted by atomic mass is 35.5. The molecule has 2 amide bonds. The van der Waals surface area contributed by atoms with Crippen LogP contribution in [-0.4, -0.2) is 44.3 Å². The van der Waals surface area contributed by atoms with E-state index in [9.17, 15) is 18.0 Å². The fourth-order valence-corrected chi connectivity index (χ4v) is 5.68. The highest BCUT2D eigenvalue weighted by Crippen LogP contribution is 2.27. The summed E-state index contributed by atoms with van der Waals surface area (Å²) < 4.78 is 28.8. The first-order valence-corrected chi connectivity index (χ1v) is 14.4. The molecule has 0 fully saturated rings. The number of amides is 2. The van der Waals surface area contributed by atoms with Gasteiger partial charge in [-0.05, 0) is 80.3 Å². The van der Waals surface area contributed by atoms with Gasteiger partial charge < -0.3 is 10.2 Å². The van der Waals surface area contributed by atoms with Gasteiger partial charge in [0.1, 0.15) is 12.6 Å². The Balaban J connectivity index is 2.06. The van der Waals surface area contributed by atoms with Crippen molar-refractivity contribution in [1.82, 2.24) is 10.2 Å². The quantitative estimate of drug-likeness (QED) is 0.357. The molecule has 1 atom stereocenters. The predicted molar refractivity (Wildman–Crippen MR) is 152 cm³/mol. The van der Waals surface area contributed by atoms with Crippen LogP contribution >= 0.6 is 11.6 Å². The van der Waals surface area contributed by atoms with E-state index in [0.29, 0.717) is 23.7 Å². The zero-order valence-electron chi connectivity index (χ0n) is 22.1. The molecule has 202 valence electrons. The molecule has 0 saturated carbocycles. The molecule has 0 saturated heterocycles. The highest BCUT2D eigenvalue weighted by Gasteiger charge is 2.33. The van der Waals surface area contributed by atoms with Gasteiger partial charge in [-0.2, -0.15) is 0 Å². The monoisotopic (exact) mass is 555 g/mol. The van der Waals surface area contributed by atoms with Crippen LogP contribution in [0.25, 0.3) is 0 Å². The van der Waals surface area contributed by atoms with Crippen molar-refractivity contribution in [1.29, 1.82) is 0 Å². The van der Waals surface area contributed by atoms with Crippen molar-refractivity contribution in [3.05, 3.63) is 94.5 Å². The van der Waals surface area contributed by atoms with Crippen molar-refractivity contribution in [2.24, 2.45) is 0 Å². The number of likely N-dealkylation sites (N-methyl/N-ethyl adjacent to an activating group) is 1. The standard InChI is InChI=1S/C29H34ClN3O4S/c1-5-27(29(35)31-6-2)32(19-23-13-15-24(30)16-14-23)28(34)20-33(25-17-12-21(3)22(4)18-25)38(36,37)26-10-8-7-9-11-26/h7-18,27H,5-6,19-20H2,1-4H3,(H,31,35)/t27-/m0/s1. The number of hydrogen-bond acceptors (Lipinski definition) is 4. The summed E-state index contributed by atoms with van der Waals surface area (Å²) in [6.45, 7) is 7.53. The first kappa shape index (κ1) is 29.2. The van der Waals surface area contributed by atoms with E-state index in [1.54, 1.807) is 54.6 Å². The number of sulfonamides is 1. The maximum atomic E-state index is 14.0. The van der Waals surface area contributed by atoms with E-state index < -0.39 is 28.5 Å². The van der Waals surface area contributed by atoms with Crippen LogP contribution in [0.4, 0.5) is 5.69 Å². The van der Waals surface area contributed by atoms with Gasteiger partial charge in [-0.25, -0.2) is 8.42 Å². The molecule has 0 aliphatic rings. The molecule has 0 aliphatic heterocycles. The summed E-state index contributed by atoms with van der Waals surface area (Å²) in [5.41, 5.74) is 3.05. The summed E-state index contributed by atoms with van der Waals surface area (Å²) in [6.07, 6.45) is 0.361. The maximum absolute atomic E-state index is 14.0. The van der Waals surface area contributed by atoms with Crippen molar-refractivity contribution >= 4 is 39.1 Å². The third kappa shape index (κ3) is 6.94. The Kier molecular flexibility index (Phi) is 9.94. The highest BCUT2D eigenvalue weighted by molar-refractivity contribution is 7.92. The SMILES string of the molecule is CCNC(=O)[C@H](CC)N(Cc1ccc(Cl)cc1)C(=O)CN(c1ccc(C)c(C)c1)S(=O)(=O)c1ccccc1. The Morgan fingerprint density at radius 1 is 0.921 bits per heavy atom. The van der Waals surface area contributed by atoms with Gasteiger partial charge in [0.15, 0.2) is 0 Å². The minimum atomic E-state index is -4.09. The number of hydrogen-bond donors (Lipinski definition) is 1. The molecular weight excluding hydrogens is 522 g/mol. The summed E-state index contributed by atoms with van der Waals surface area (Å²) in [6, 6.07) is 19.5. The maximum Gasteiger partial charge on any atom is 0.264 e. The second-order valence-electron chi connectivity index (χ2n) is 9.06. The molecule has 0 heterocycles. The lowest BCUT2D eigenvalue weighted by molar-refractivity contribution is -0.140. The molecule has 3 rings (SSSR count). The van der Waals surface area contributed by atoms with Gasteiger partial charge in [0.25, 0.3) is 10.0 Å².